The van der Waals surface area contributed by atoms with Gasteiger partial charge in [0.25, 0.3) is 0 Å². The molecule has 0 radical (unpaired) electrons. The van der Waals surface area contributed by atoms with E-state index >= 15 is 0 Å². The van der Waals surface area contributed by atoms with Crippen LogP contribution in [0.3, 0.4) is 0 Å². The molecule has 5 nitrogen and oxygen atoms in total. The van der Waals surface area contributed by atoms with Crippen LogP contribution in [0.25, 0.3) is 0 Å². The Hall–Kier alpha value is -0.940. The Morgan fingerprint density at radius 1 is 1.56 bits per heavy atom. The minimum Gasteiger partial charge on any atom is -0.371 e. The Bertz CT molecular complexity index is 321. The third-order valence-electron chi connectivity index (χ3n) is 2.85. The van der Waals surface area contributed by atoms with Gasteiger partial charge in [0.2, 0.25) is 5.89 Å². The molecule has 1 aliphatic rings. The minimum absolute atomic E-state index is 0.0916. The van der Waals surface area contributed by atoms with Gasteiger partial charge in [-0.05, 0) is 33.2 Å². The molecular formula is C11H19N3O2. The van der Waals surface area contributed by atoms with Crippen LogP contribution in [0.4, 0.5) is 0 Å². The van der Waals surface area contributed by atoms with Crippen LogP contribution in [0.1, 0.15) is 57.0 Å². The van der Waals surface area contributed by atoms with Crippen molar-refractivity contribution in [3.8, 4) is 0 Å². The molecule has 2 unspecified atom stereocenters. The Labute approximate surface area is 95.6 Å². The van der Waals surface area contributed by atoms with Crippen molar-refractivity contribution in [1.82, 2.24) is 15.5 Å². The molecule has 16 heavy (non-hydrogen) atoms. The largest absolute Gasteiger partial charge is 0.371 e. The first-order valence-corrected chi connectivity index (χ1v) is 5.99. The van der Waals surface area contributed by atoms with Crippen molar-refractivity contribution in [2.24, 2.45) is 0 Å². The highest BCUT2D eigenvalue weighted by atomic mass is 16.5. The molecule has 2 heterocycles. The Morgan fingerprint density at radius 2 is 2.44 bits per heavy atom. The van der Waals surface area contributed by atoms with Crippen LogP contribution in [0.5, 0.6) is 0 Å². The molecule has 0 aromatic carbocycles. The van der Waals surface area contributed by atoms with E-state index in [0.717, 1.165) is 13.0 Å². The Balaban J connectivity index is 2.00. The van der Waals surface area contributed by atoms with E-state index in [4.69, 9.17) is 9.26 Å². The normalized spacial score (nSPS) is 23.2. The smallest absolute Gasteiger partial charge is 0.243 e. The second-order valence-electron chi connectivity index (χ2n) is 4.09. The molecular weight excluding hydrogens is 206 g/mol. The molecule has 2 rings (SSSR count). The Kier molecular flexibility index (Phi) is 3.90. The van der Waals surface area contributed by atoms with Gasteiger partial charge in [-0.1, -0.05) is 11.6 Å². The van der Waals surface area contributed by atoms with Crippen molar-refractivity contribution in [3.63, 3.8) is 0 Å². The summed E-state index contributed by atoms with van der Waals surface area (Å²) in [5.74, 6) is 1.34. The second-order valence-corrected chi connectivity index (χ2v) is 4.09. The SMILES string of the molecule is CCOC(C)c1noc(C2CCCCN2)n1. The van der Waals surface area contributed by atoms with Crippen molar-refractivity contribution in [2.75, 3.05) is 13.2 Å². The third kappa shape index (κ3) is 2.59. The van der Waals surface area contributed by atoms with Crippen LogP contribution in [0.2, 0.25) is 0 Å². The molecule has 1 aromatic rings. The van der Waals surface area contributed by atoms with E-state index in [1.807, 2.05) is 13.8 Å². The molecule has 1 aliphatic heterocycles. The summed E-state index contributed by atoms with van der Waals surface area (Å²) in [6.45, 7) is 5.59. The fraction of sp³-hybridized carbons (Fsp3) is 0.818. The number of aromatic nitrogens is 2. The lowest BCUT2D eigenvalue weighted by atomic mass is 10.1. The minimum atomic E-state index is -0.0916. The van der Waals surface area contributed by atoms with Gasteiger partial charge >= 0.3 is 0 Å². The zero-order valence-electron chi connectivity index (χ0n) is 9.90. The van der Waals surface area contributed by atoms with E-state index in [-0.39, 0.29) is 12.1 Å². The highest BCUT2D eigenvalue weighted by Gasteiger charge is 2.22. The number of nitrogens with zero attached hydrogens (tertiary/aromatic N) is 2. The molecule has 0 bridgehead atoms. The van der Waals surface area contributed by atoms with Gasteiger partial charge in [-0.3, -0.25) is 0 Å². The van der Waals surface area contributed by atoms with E-state index in [2.05, 4.69) is 15.5 Å². The number of ether oxygens (including phenoxy) is 1. The van der Waals surface area contributed by atoms with Gasteiger partial charge in [-0.25, -0.2) is 0 Å². The van der Waals surface area contributed by atoms with E-state index < -0.39 is 0 Å². The zero-order chi connectivity index (χ0) is 11.4. The average Bonchev–Trinajstić information content (AvgIpc) is 2.80. The lowest BCUT2D eigenvalue weighted by molar-refractivity contribution is 0.0683. The monoisotopic (exact) mass is 225 g/mol. The number of rotatable bonds is 4. The van der Waals surface area contributed by atoms with E-state index in [1.165, 1.54) is 12.8 Å². The van der Waals surface area contributed by atoms with E-state index in [1.54, 1.807) is 0 Å². The van der Waals surface area contributed by atoms with Gasteiger partial charge in [0.1, 0.15) is 6.10 Å². The number of hydrogen-bond donors (Lipinski definition) is 1. The number of piperidine rings is 1. The summed E-state index contributed by atoms with van der Waals surface area (Å²) in [4.78, 5) is 4.39. The fourth-order valence-electron chi connectivity index (χ4n) is 1.94. The predicted molar refractivity (Wildman–Crippen MR) is 58.9 cm³/mol. The van der Waals surface area contributed by atoms with Crippen molar-refractivity contribution < 1.29 is 9.26 Å². The maximum atomic E-state index is 5.42. The van der Waals surface area contributed by atoms with Crippen molar-refractivity contribution >= 4 is 0 Å². The molecule has 1 N–H and O–H groups in total. The lowest BCUT2D eigenvalue weighted by Gasteiger charge is -2.19. The lowest BCUT2D eigenvalue weighted by Crippen LogP contribution is -2.27. The molecule has 90 valence electrons. The second kappa shape index (κ2) is 5.41. The van der Waals surface area contributed by atoms with E-state index in [0.29, 0.717) is 18.3 Å². The summed E-state index contributed by atoms with van der Waals surface area (Å²) < 4.78 is 10.7. The van der Waals surface area contributed by atoms with Gasteiger partial charge in [0, 0.05) is 6.61 Å². The van der Waals surface area contributed by atoms with Crippen molar-refractivity contribution in [1.29, 1.82) is 0 Å². The molecule has 0 spiro atoms. The predicted octanol–water partition coefficient (Wildman–Crippen LogP) is 1.98. The zero-order valence-corrected chi connectivity index (χ0v) is 9.90. The summed E-state index contributed by atoms with van der Waals surface area (Å²) in [7, 11) is 0. The van der Waals surface area contributed by atoms with Crippen LogP contribution >= 0.6 is 0 Å². The fourth-order valence-corrected chi connectivity index (χ4v) is 1.94. The summed E-state index contributed by atoms with van der Waals surface area (Å²) in [6.07, 6.45) is 3.43. The molecule has 0 aliphatic carbocycles. The first-order chi connectivity index (χ1) is 7.81. The van der Waals surface area contributed by atoms with Crippen LogP contribution in [0, 0.1) is 0 Å². The topological polar surface area (TPSA) is 60.2 Å². The number of nitrogens with one attached hydrogen (secondary N) is 1. The van der Waals surface area contributed by atoms with E-state index in [9.17, 15) is 0 Å². The molecule has 0 saturated carbocycles. The summed E-state index contributed by atoms with van der Waals surface area (Å²) in [6, 6.07) is 0.226. The third-order valence-corrected chi connectivity index (χ3v) is 2.85. The first kappa shape index (κ1) is 11.5. The highest BCUT2D eigenvalue weighted by Crippen LogP contribution is 2.23. The van der Waals surface area contributed by atoms with Gasteiger partial charge in [0.15, 0.2) is 5.82 Å². The molecule has 5 heteroatoms. The van der Waals surface area contributed by atoms with Crippen LogP contribution < -0.4 is 5.32 Å². The van der Waals surface area contributed by atoms with Gasteiger partial charge in [-0.15, -0.1) is 0 Å². The van der Waals surface area contributed by atoms with Gasteiger partial charge < -0.3 is 14.6 Å². The molecule has 2 atom stereocenters. The maximum absolute atomic E-state index is 5.42. The standard InChI is InChI=1S/C11H19N3O2/c1-3-15-8(2)10-13-11(16-14-10)9-6-4-5-7-12-9/h8-9,12H,3-7H2,1-2H3. The van der Waals surface area contributed by atoms with Crippen LogP contribution in [-0.2, 0) is 4.74 Å². The quantitative estimate of drug-likeness (QED) is 0.849. The van der Waals surface area contributed by atoms with Crippen molar-refractivity contribution in [2.45, 2.75) is 45.3 Å². The number of hydrogen-bond acceptors (Lipinski definition) is 5. The highest BCUT2D eigenvalue weighted by molar-refractivity contribution is 4.96. The van der Waals surface area contributed by atoms with Crippen LogP contribution in [-0.4, -0.2) is 23.3 Å². The van der Waals surface area contributed by atoms with Gasteiger partial charge in [0.05, 0.1) is 6.04 Å². The summed E-state index contributed by atoms with van der Waals surface area (Å²) in [5, 5.41) is 7.34. The summed E-state index contributed by atoms with van der Waals surface area (Å²) >= 11 is 0. The first-order valence-electron chi connectivity index (χ1n) is 5.99. The molecule has 1 saturated heterocycles. The molecule has 1 fully saturated rings. The maximum Gasteiger partial charge on any atom is 0.243 e. The summed E-state index contributed by atoms with van der Waals surface area (Å²) in [5.41, 5.74) is 0. The average molecular weight is 225 g/mol. The van der Waals surface area contributed by atoms with Crippen LogP contribution in [0.15, 0.2) is 4.52 Å². The van der Waals surface area contributed by atoms with Crippen molar-refractivity contribution in [3.05, 3.63) is 11.7 Å². The molecule has 1 aromatic heterocycles. The molecule has 0 amide bonds. The van der Waals surface area contributed by atoms with Gasteiger partial charge in [-0.2, -0.15) is 4.98 Å². The Morgan fingerprint density at radius 3 is 3.12 bits per heavy atom.